The van der Waals surface area contributed by atoms with Gasteiger partial charge in [0.1, 0.15) is 11.5 Å². The Kier molecular flexibility index (Phi) is 3.76. The van der Waals surface area contributed by atoms with E-state index in [1.807, 2.05) is 0 Å². The van der Waals surface area contributed by atoms with Gasteiger partial charge in [-0.05, 0) is 25.3 Å². The lowest BCUT2D eigenvalue weighted by molar-refractivity contribution is -0.384. The maximum atomic E-state index is 13.3. The van der Waals surface area contributed by atoms with E-state index in [1.165, 1.54) is 12.1 Å². The highest BCUT2D eigenvalue weighted by Crippen LogP contribution is 2.33. The van der Waals surface area contributed by atoms with Gasteiger partial charge in [0, 0.05) is 18.7 Å². The van der Waals surface area contributed by atoms with E-state index in [1.54, 1.807) is 4.90 Å². The van der Waals surface area contributed by atoms with Crippen molar-refractivity contribution in [2.45, 2.75) is 25.3 Å². The topological polar surface area (TPSA) is 66.6 Å². The maximum absolute atomic E-state index is 13.3. The van der Waals surface area contributed by atoms with Crippen LogP contribution in [0.2, 0.25) is 0 Å². The molecule has 0 amide bonds. The fourth-order valence-electron chi connectivity index (χ4n) is 2.39. The van der Waals surface area contributed by atoms with Crippen LogP contribution in [0.4, 0.5) is 15.8 Å². The average Bonchev–Trinajstić information content (AvgIpc) is 2.38. The minimum Gasteiger partial charge on any atom is -0.394 e. The van der Waals surface area contributed by atoms with Gasteiger partial charge in [-0.3, -0.25) is 10.1 Å². The summed E-state index contributed by atoms with van der Waals surface area (Å²) in [7, 11) is 0. The van der Waals surface area contributed by atoms with E-state index in [2.05, 4.69) is 0 Å². The molecule has 1 fully saturated rings. The number of hydrogen-bond donors (Lipinski definition) is 1. The molecule has 2 rings (SSSR count). The minimum absolute atomic E-state index is 0.0757. The number of piperidine rings is 1. The molecule has 18 heavy (non-hydrogen) atoms. The Bertz CT molecular complexity index is 453. The van der Waals surface area contributed by atoms with Crippen LogP contribution >= 0.6 is 0 Å². The van der Waals surface area contributed by atoms with E-state index in [4.69, 9.17) is 0 Å². The van der Waals surface area contributed by atoms with Crippen molar-refractivity contribution in [3.8, 4) is 0 Å². The van der Waals surface area contributed by atoms with Gasteiger partial charge in [-0.1, -0.05) is 0 Å². The summed E-state index contributed by atoms with van der Waals surface area (Å²) in [5.74, 6) is -0.502. The van der Waals surface area contributed by atoms with Crippen molar-refractivity contribution in [1.82, 2.24) is 0 Å². The van der Waals surface area contributed by atoms with Crippen molar-refractivity contribution in [2.75, 3.05) is 18.1 Å². The molecule has 1 aliphatic heterocycles. The SMILES string of the molecule is O=[N+]([O-])c1ccc(F)cc1N1CCCCC1CO. The van der Waals surface area contributed by atoms with Crippen LogP contribution in [0, 0.1) is 15.9 Å². The van der Waals surface area contributed by atoms with E-state index < -0.39 is 10.7 Å². The Balaban J connectivity index is 2.41. The van der Waals surface area contributed by atoms with Gasteiger partial charge < -0.3 is 10.0 Å². The molecule has 0 aliphatic carbocycles. The third-order valence-corrected chi connectivity index (χ3v) is 3.28. The third-order valence-electron chi connectivity index (χ3n) is 3.28. The molecule has 1 aromatic rings. The van der Waals surface area contributed by atoms with Gasteiger partial charge in [-0.2, -0.15) is 0 Å². The number of anilines is 1. The highest BCUT2D eigenvalue weighted by Gasteiger charge is 2.27. The molecule has 0 spiro atoms. The summed E-state index contributed by atoms with van der Waals surface area (Å²) in [4.78, 5) is 12.2. The molecule has 1 heterocycles. The number of benzene rings is 1. The zero-order valence-corrected chi connectivity index (χ0v) is 9.88. The van der Waals surface area contributed by atoms with Gasteiger partial charge in [0.05, 0.1) is 17.6 Å². The minimum atomic E-state index is -0.516. The molecule has 1 saturated heterocycles. The molecule has 0 bridgehead atoms. The lowest BCUT2D eigenvalue weighted by Crippen LogP contribution is -2.42. The first-order valence-electron chi connectivity index (χ1n) is 5.95. The second-order valence-corrected chi connectivity index (χ2v) is 4.42. The molecule has 1 aromatic carbocycles. The highest BCUT2D eigenvalue weighted by atomic mass is 19.1. The monoisotopic (exact) mass is 254 g/mol. The molecule has 1 atom stereocenters. The van der Waals surface area contributed by atoms with Crippen molar-refractivity contribution in [3.05, 3.63) is 34.1 Å². The molecule has 0 aromatic heterocycles. The second kappa shape index (κ2) is 5.30. The highest BCUT2D eigenvalue weighted by molar-refractivity contribution is 5.64. The quantitative estimate of drug-likeness (QED) is 0.662. The molecule has 0 saturated carbocycles. The predicted octanol–water partition coefficient (Wildman–Crippen LogP) is 2.09. The average molecular weight is 254 g/mol. The zero-order valence-electron chi connectivity index (χ0n) is 9.88. The van der Waals surface area contributed by atoms with Crippen molar-refractivity contribution in [2.24, 2.45) is 0 Å². The lowest BCUT2D eigenvalue weighted by Gasteiger charge is -2.36. The maximum Gasteiger partial charge on any atom is 0.292 e. The van der Waals surface area contributed by atoms with E-state index in [0.29, 0.717) is 6.54 Å². The van der Waals surface area contributed by atoms with Crippen LogP contribution in [-0.2, 0) is 0 Å². The van der Waals surface area contributed by atoms with Gasteiger partial charge >= 0.3 is 0 Å². The number of halogens is 1. The van der Waals surface area contributed by atoms with E-state index in [0.717, 1.165) is 25.3 Å². The Morgan fingerprint density at radius 2 is 2.28 bits per heavy atom. The summed E-state index contributed by atoms with van der Waals surface area (Å²) >= 11 is 0. The number of rotatable bonds is 3. The smallest absolute Gasteiger partial charge is 0.292 e. The molecule has 1 aliphatic rings. The normalized spacial score (nSPS) is 19.9. The van der Waals surface area contributed by atoms with Crippen LogP contribution in [0.5, 0.6) is 0 Å². The second-order valence-electron chi connectivity index (χ2n) is 4.42. The zero-order chi connectivity index (χ0) is 13.1. The van der Waals surface area contributed by atoms with E-state index in [-0.39, 0.29) is 24.0 Å². The van der Waals surface area contributed by atoms with Gasteiger partial charge in [0.25, 0.3) is 5.69 Å². The van der Waals surface area contributed by atoms with Crippen LogP contribution in [-0.4, -0.2) is 29.2 Å². The Labute approximate surface area is 104 Å². The fourth-order valence-corrected chi connectivity index (χ4v) is 2.39. The van der Waals surface area contributed by atoms with Gasteiger partial charge in [0.15, 0.2) is 0 Å². The number of nitrogens with zero attached hydrogens (tertiary/aromatic N) is 2. The molecular weight excluding hydrogens is 239 g/mol. The third kappa shape index (κ3) is 2.43. The first kappa shape index (κ1) is 12.8. The molecular formula is C12H15FN2O3. The lowest BCUT2D eigenvalue weighted by atomic mass is 10.0. The summed E-state index contributed by atoms with van der Waals surface area (Å²) in [5.41, 5.74) is 0.149. The van der Waals surface area contributed by atoms with E-state index >= 15 is 0 Å². The van der Waals surface area contributed by atoms with Crippen LogP contribution in [0.25, 0.3) is 0 Å². The van der Waals surface area contributed by atoms with Gasteiger partial charge in [-0.25, -0.2) is 4.39 Å². The van der Waals surface area contributed by atoms with Crippen molar-refractivity contribution < 1.29 is 14.4 Å². The number of hydrogen-bond acceptors (Lipinski definition) is 4. The molecule has 6 heteroatoms. The first-order valence-corrected chi connectivity index (χ1v) is 5.95. The fraction of sp³-hybridized carbons (Fsp3) is 0.500. The summed E-state index contributed by atoms with van der Waals surface area (Å²) in [6.45, 7) is 0.531. The number of nitro groups is 1. The van der Waals surface area contributed by atoms with E-state index in [9.17, 15) is 19.6 Å². The predicted molar refractivity (Wildman–Crippen MR) is 65.1 cm³/mol. The van der Waals surface area contributed by atoms with Crippen LogP contribution in [0.1, 0.15) is 19.3 Å². The van der Waals surface area contributed by atoms with Crippen LogP contribution < -0.4 is 4.90 Å². The Morgan fingerprint density at radius 1 is 1.50 bits per heavy atom. The molecule has 5 nitrogen and oxygen atoms in total. The largest absolute Gasteiger partial charge is 0.394 e. The summed E-state index contributed by atoms with van der Waals surface area (Å²) < 4.78 is 13.3. The Morgan fingerprint density at radius 3 is 2.94 bits per heavy atom. The van der Waals surface area contributed by atoms with Crippen molar-refractivity contribution >= 4 is 11.4 Å². The number of aliphatic hydroxyl groups is 1. The standard InChI is InChI=1S/C12H15FN2O3/c13-9-4-5-11(15(17)18)12(7-9)14-6-2-1-3-10(14)8-16/h4-5,7,10,16H,1-3,6,8H2. The Hall–Kier alpha value is -1.69. The van der Waals surface area contributed by atoms with Gasteiger partial charge in [0.2, 0.25) is 0 Å². The van der Waals surface area contributed by atoms with Crippen LogP contribution in [0.15, 0.2) is 18.2 Å². The summed E-state index contributed by atoms with van der Waals surface area (Å²) in [5, 5.41) is 20.3. The van der Waals surface area contributed by atoms with Crippen molar-refractivity contribution in [3.63, 3.8) is 0 Å². The first-order chi connectivity index (χ1) is 8.63. The molecule has 1 N–H and O–H groups in total. The van der Waals surface area contributed by atoms with Crippen LogP contribution in [0.3, 0.4) is 0 Å². The molecule has 1 unspecified atom stereocenters. The number of nitro benzene ring substituents is 1. The number of aliphatic hydroxyl groups excluding tert-OH is 1. The molecule has 98 valence electrons. The van der Waals surface area contributed by atoms with Gasteiger partial charge in [-0.15, -0.1) is 0 Å². The molecule has 0 radical (unpaired) electrons. The van der Waals surface area contributed by atoms with Crippen molar-refractivity contribution in [1.29, 1.82) is 0 Å². The summed E-state index contributed by atoms with van der Waals surface area (Å²) in [6, 6.07) is 3.26. The summed E-state index contributed by atoms with van der Waals surface area (Å²) in [6.07, 6.45) is 2.64.